The normalized spacial score (nSPS) is 13.2. The molecule has 0 saturated carbocycles. The molecule has 1 unspecified atom stereocenters. The Morgan fingerprint density at radius 1 is 1.67 bits per heavy atom. The van der Waals surface area contributed by atoms with Crippen LogP contribution in [0.25, 0.3) is 0 Å². The highest BCUT2D eigenvalue weighted by atomic mass is 35.5. The maximum Gasteiger partial charge on any atom is 0.0809 e. The number of rotatable bonds is 5. The van der Waals surface area contributed by atoms with Crippen LogP contribution < -0.4 is 0 Å². The van der Waals surface area contributed by atoms with Gasteiger partial charge in [0.25, 0.3) is 0 Å². The molecule has 68 valence electrons. The molecule has 0 amide bonds. The number of ether oxygens (including phenoxy) is 1. The van der Waals surface area contributed by atoms with E-state index in [2.05, 4.69) is 18.4 Å². The lowest BCUT2D eigenvalue weighted by Crippen LogP contribution is -2.06. The number of hydrogen-bond acceptors (Lipinski definition) is 2. The minimum Gasteiger partial charge on any atom is -0.376 e. The minimum absolute atomic E-state index is 0.451. The number of alkyl halides is 1. The van der Waals surface area contributed by atoms with Gasteiger partial charge in [-0.3, -0.25) is 0 Å². The van der Waals surface area contributed by atoms with Gasteiger partial charge in [-0.1, -0.05) is 13.0 Å². The van der Waals surface area contributed by atoms with Crippen LogP contribution in [-0.2, 0) is 11.3 Å². The standard InChI is InChI=1S/C9H13ClOS/c1-8(5-10)6-11-7-9-3-2-4-12-9/h2-4,8H,5-7H2,1H3. The van der Waals surface area contributed by atoms with Crippen molar-refractivity contribution in [2.45, 2.75) is 13.5 Å². The molecule has 0 aliphatic heterocycles. The lowest BCUT2D eigenvalue weighted by atomic mass is 10.2. The van der Waals surface area contributed by atoms with Crippen molar-refractivity contribution < 1.29 is 4.74 Å². The molecule has 1 heterocycles. The molecule has 0 saturated heterocycles. The van der Waals surface area contributed by atoms with E-state index in [1.165, 1.54) is 4.88 Å². The van der Waals surface area contributed by atoms with Gasteiger partial charge in [0.15, 0.2) is 0 Å². The second-order valence-corrected chi connectivity index (χ2v) is 4.19. The second-order valence-electron chi connectivity index (χ2n) is 2.85. The predicted molar refractivity (Wildman–Crippen MR) is 53.9 cm³/mol. The summed E-state index contributed by atoms with van der Waals surface area (Å²) in [6.07, 6.45) is 0. The van der Waals surface area contributed by atoms with Crippen molar-refractivity contribution in [1.29, 1.82) is 0 Å². The highest BCUT2D eigenvalue weighted by molar-refractivity contribution is 7.09. The van der Waals surface area contributed by atoms with E-state index in [1.54, 1.807) is 11.3 Å². The number of thiophene rings is 1. The highest BCUT2D eigenvalue weighted by Crippen LogP contribution is 2.10. The third-order valence-corrected chi connectivity index (χ3v) is 2.87. The van der Waals surface area contributed by atoms with Gasteiger partial charge in [0, 0.05) is 10.8 Å². The van der Waals surface area contributed by atoms with Gasteiger partial charge in [-0.15, -0.1) is 22.9 Å². The Kier molecular flexibility index (Phi) is 4.66. The molecular weight excluding hydrogens is 192 g/mol. The molecular formula is C9H13ClOS. The van der Waals surface area contributed by atoms with Crippen LogP contribution in [0.4, 0.5) is 0 Å². The summed E-state index contributed by atoms with van der Waals surface area (Å²) in [5.41, 5.74) is 0. The third kappa shape index (κ3) is 3.57. The summed E-state index contributed by atoms with van der Waals surface area (Å²) in [5.74, 6) is 1.12. The molecule has 0 fully saturated rings. The van der Waals surface area contributed by atoms with Gasteiger partial charge in [-0.2, -0.15) is 0 Å². The zero-order valence-corrected chi connectivity index (χ0v) is 8.70. The van der Waals surface area contributed by atoms with Gasteiger partial charge in [0.2, 0.25) is 0 Å². The molecule has 1 aromatic rings. The van der Waals surface area contributed by atoms with E-state index in [0.717, 1.165) is 13.2 Å². The molecule has 0 radical (unpaired) electrons. The summed E-state index contributed by atoms with van der Waals surface area (Å²) in [4.78, 5) is 1.27. The zero-order valence-electron chi connectivity index (χ0n) is 7.13. The fourth-order valence-electron chi connectivity index (χ4n) is 0.800. The predicted octanol–water partition coefficient (Wildman–Crippen LogP) is 3.14. The first-order valence-corrected chi connectivity index (χ1v) is 5.40. The monoisotopic (exact) mass is 204 g/mol. The number of halogens is 1. The lowest BCUT2D eigenvalue weighted by molar-refractivity contribution is 0.0998. The molecule has 0 bridgehead atoms. The lowest BCUT2D eigenvalue weighted by Gasteiger charge is -2.06. The van der Waals surface area contributed by atoms with Gasteiger partial charge >= 0.3 is 0 Å². The van der Waals surface area contributed by atoms with Gasteiger partial charge in [0.05, 0.1) is 13.2 Å². The van der Waals surface area contributed by atoms with Crippen LogP contribution in [0.15, 0.2) is 17.5 Å². The van der Waals surface area contributed by atoms with Crippen LogP contribution in [0.5, 0.6) is 0 Å². The maximum absolute atomic E-state index is 5.64. The molecule has 1 nitrogen and oxygen atoms in total. The van der Waals surface area contributed by atoms with Crippen molar-refractivity contribution in [2.75, 3.05) is 12.5 Å². The first kappa shape index (κ1) is 10.0. The summed E-state index contributed by atoms with van der Waals surface area (Å²) in [6.45, 7) is 3.56. The third-order valence-electron chi connectivity index (χ3n) is 1.49. The molecule has 0 aliphatic rings. The zero-order chi connectivity index (χ0) is 8.81. The SMILES string of the molecule is CC(CCl)COCc1cccs1. The van der Waals surface area contributed by atoms with Crippen LogP contribution in [-0.4, -0.2) is 12.5 Å². The van der Waals surface area contributed by atoms with E-state index in [-0.39, 0.29) is 0 Å². The molecule has 1 aromatic heterocycles. The Morgan fingerprint density at radius 3 is 3.08 bits per heavy atom. The van der Waals surface area contributed by atoms with E-state index >= 15 is 0 Å². The van der Waals surface area contributed by atoms with Crippen molar-refractivity contribution in [3.63, 3.8) is 0 Å². The Hall–Kier alpha value is -0.0500. The molecule has 1 atom stereocenters. The van der Waals surface area contributed by atoms with Crippen molar-refractivity contribution in [2.24, 2.45) is 5.92 Å². The highest BCUT2D eigenvalue weighted by Gasteiger charge is 2.00. The van der Waals surface area contributed by atoms with E-state index in [9.17, 15) is 0 Å². The quantitative estimate of drug-likeness (QED) is 0.670. The smallest absolute Gasteiger partial charge is 0.0809 e. The summed E-state index contributed by atoms with van der Waals surface area (Å²) >= 11 is 7.36. The van der Waals surface area contributed by atoms with Crippen LogP contribution >= 0.6 is 22.9 Å². The summed E-state index contributed by atoms with van der Waals surface area (Å²) in [7, 11) is 0. The molecule has 0 aliphatic carbocycles. The van der Waals surface area contributed by atoms with Gasteiger partial charge in [-0.25, -0.2) is 0 Å². The Balaban J connectivity index is 2.11. The van der Waals surface area contributed by atoms with E-state index < -0.39 is 0 Å². The topological polar surface area (TPSA) is 9.23 Å². The van der Waals surface area contributed by atoms with Crippen LogP contribution in [0.3, 0.4) is 0 Å². The van der Waals surface area contributed by atoms with Gasteiger partial charge in [0.1, 0.15) is 0 Å². The second kappa shape index (κ2) is 5.57. The van der Waals surface area contributed by atoms with Crippen molar-refractivity contribution in [3.05, 3.63) is 22.4 Å². The average molecular weight is 205 g/mol. The minimum atomic E-state index is 0.451. The maximum atomic E-state index is 5.64. The van der Waals surface area contributed by atoms with Crippen LogP contribution in [0.2, 0.25) is 0 Å². The summed E-state index contributed by atoms with van der Waals surface area (Å²) in [6, 6.07) is 4.12. The molecule has 0 N–H and O–H groups in total. The molecule has 12 heavy (non-hydrogen) atoms. The number of hydrogen-bond donors (Lipinski definition) is 0. The van der Waals surface area contributed by atoms with E-state index in [0.29, 0.717) is 11.8 Å². The van der Waals surface area contributed by atoms with Crippen molar-refractivity contribution in [1.82, 2.24) is 0 Å². The largest absolute Gasteiger partial charge is 0.376 e. The first-order valence-electron chi connectivity index (χ1n) is 3.99. The Morgan fingerprint density at radius 2 is 2.50 bits per heavy atom. The van der Waals surface area contributed by atoms with Gasteiger partial charge < -0.3 is 4.74 Å². The van der Waals surface area contributed by atoms with E-state index in [1.807, 2.05) is 6.07 Å². The molecule has 0 spiro atoms. The average Bonchev–Trinajstić information content (AvgIpc) is 2.57. The van der Waals surface area contributed by atoms with Crippen LogP contribution in [0, 0.1) is 5.92 Å². The molecule has 0 aromatic carbocycles. The fraction of sp³-hybridized carbons (Fsp3) is 0.556. The van der Waals surface area contributed by atoms with Crippen molar-refractivity contribution in [3.8, 4) is 0 Å². The fourth-order valence-corrected chi connectivity index (χ4v) is 1.53. The summed E-state index contributed by atoms with van der Waals surface area (Å²) in [5, 5.41) is 2.06. The Bertz CT molecular complexity index is 198. The van der Waals surface area contributed by atoms with Crippen molar-refractivity contribution >= 4 is 22.9 Å². The van der Waals surface area contributed by atoms with E-state index in [4.69, 9.17) is 16.3 Å². The first-order chi connectivity index (χ1) is 5.83. The molecule has 1 rings (SSSR count). The van der Waals surface area contributed by atoms with Crippen LogP contribution in [0.1, 0.15) is 11.8 Å². The van der Waals surface area contributed by atoms with Gasteiger partial charge in [-0.05, 0) is 17.4 Å². The summed E-state index contributed by atoms with van der Waals surface area (Å²) < 4.78 is 5.46. The molecule has 3 heteroatoms. The Labute approximate surface area is 82.3 Å².